The molecule has 8 heteroatoms. The molecule has 1 N–H and O–H groups in total. The van der Waals surface area contributed by atoms with E-state index in [0.717, 1.165) is 30.2 Å². The first-order valence-corrected chi connectivity index (χ1v) is 11.8. The van der Waals surface area contributed by atoms with E-state index >= 15 is 0 Å². The summed E-state index contributed by atoms with van der Waals surface area (Å²) in [5.41, 5.74) is 0.915. The molecule has 1 atom stereocenters. The Morgan fingerprint density at radius 2 is 1.79 bits per heavy atom. The predicted molar refractivity (Wildman–Crippen MR) is 127 cm³/mol. The largest absolute Gasteiger partial charge is 0.444 e. The van der Waals surface area contributed by atoms with Crippen molar-refractivity contribution < 1.29 is 23.5 Å². The number of aryl methyl sites for hydroxylation is 1. The summed E-state index contributed by atoms with van der Waals surface area (Å²) in [6, 6.07) is 2.24. The van der Waals surface area contributed by atoms with Crippen molar-refractivity contribution in [3.63, 3.8) is 0 Å². The summed E-state index contributed by atoms with van der Waals surface area (Å²) in [6.07, 6.45) is 3.80. The number of esters is 1. The highest BCUT2D eigenvalue weighted by molar-refractivity contribution is 6.33. The topological polar surface area (TPSA) is 94.8 Å². The highest BCUT2D eigenvalue weighted by Gasteiger charge is 2.27. The second-order valence-electron chi connectivity index (χ2n) is 9.92. The van der Waals surface area contributed by atoms with Crippen LogP contribution in [0, 0.1) is 5.92 Å². The van der Waals surface area contributed by atoms with Crippen molar-refractivity contribution in [1.29, 1.82) is 0 Å². The summed E-state index contributed by atoms with van der Waals surface area (Å²) in [7, 11) is 0. The molecule has 0 radical (unpaired) electrons. The van der Waals surface area contributed by atoms with Gasteiger partial charge in [-0.2, -0.15) is 0 Å². The van der Waals surface area contributed by atoms with E-state index < -0.39 is 23.7 Å². The van der Waals surface area contributed by atoms with Crippen molar-refractivity contribution in [2.45, 2.75) is 84.8 Å². The fraction of sp³-hybridized carbons (Fsp3) is 0.560. The molecule has 1 aromatic carbocycles. The average Bonchev–Trinajstić information content (AvgIpc) is 2.71. The van der Waals surface area contributed by atoms with Crippen molar-refractivity contribution in [3.8, 4) is 5.75 Å². The number of hydrogen-bond donors (Lipinski definition) is 1. The Morgan fingerprint density at radius 1 is 1.12 bits per heavy atom. The number of benzene rings is 1. The minimum atomic E-state index is -0.912. The molecule has 3 rings (SSSR count). The third-order valence-corrected chi connectivity index (χ3v) is 5.79. The number of rotatable bonds is 6. The number of nitrogens with one attached hydrogen (secondary N) is 1. The number of amides is 1. The lowest BCUT2D eigenvalue weighted by atomic mass is 9.90. The Bertz CT molecular complexity index is 1100. The molecule has 1 heterocycles. The second kappa shape index (κ2) is 10.2. The monoisotopic (exact) mass is 477 g/mol. The molecule has 0 aliphatic heterocycles. The van der Waals surface area contributed by atoms with E-state index in [4.69, 9.17) is 25.5 Å². The fourth-order valence-electron chi connectivity index (χ4n) is 3.90. The van der Waals surface area contributed by atoms with Gasteiger partial charge in [0.15, 0.2) is 5.75 Å². The lowest BCUT2D eigenvalue weighted by molar-refractivity contribution is -0.137. The van der Waals surface area contributed by atoms with Crippen LogP contribution in [0.25, 0.3) is 11.0 Å². The van der Waals surface area contributed by atoms with E-state index in [1.54, 1.807) is 26.8 Å². The smallest absolute Gasteiger partial charge is 0.408 e. The maximum absolute atomic E-state index is 13.0. The summed E-state index contributed by atoms with van der Waals surface area (Å²) in [5.74, 6) is -0.262. The molecule has 7 nitrogen and oxygen atoms in total. The van der Waals surface area contributed by atoms with Crippen LogP contribution in [0.1, 0.15) is 71.4 Å². The van der Waals surface area contributed by atoms with Gasteiger partial charge in [-0.1, -0.05) is 25.4 Å². The van der Waals surface area contributed by atoms with Crippen molar-refractivity contribution in [3.05, 3.63) is 38.7 Å². The molecule has 1 amide bonds. The van der Waals surface area contributed by atoms with Crippen LogP contribution in [0.15, 0.2) is 21.3 Å². The van der Waals surface area contributed by atoms with Crippen LogP contribution in [0.2, 0.25) is 5.02 Å². The lowest BCUT2D eigenvalue weighted by Gasteiger charge is -2.23. The number of ether oxygens (including phenoxy) is 2. The Labute approximate surface area is 198 Å². The molecule has 0 saturated heterocycles. The summed E-state index contributed by atoms with van der Waals surface area (Å²) < 4.78 is 16.3. The van der Waals surface area contributed by atoms with Crippen molar-refractivity contribution in [2.24, 2.45) is 5.92 Å². The first-order chi connectivity index (χ1) is 15.4. The molecule has 1 aliphatic rings. The molecular formula is C25H32ClNO6. The molecule has 0 spiro atoms. The second-order valence-corrected chi connectivity index (χ2v) is 10.3. The van der Waals surface area contributed by atoms with Crippen molar-refractivity contribution in [1.82, 2.24) is 5.32 Å². The number of fused-ring (bicyclic) bond motifs is 3. The minimum absolute atomic E-state index is 0.0774. The molecule has 0 fully saturated rings. The highest BCUT2D eigenvalue weighted by atomic mass is 35.5. The maximum atomic E-state index is 13.0. The van der Waals surface area contributed by atoms with Crippen LogP contribution in [-0.2, 0) is 22.4 Å². The Hall–Kier alpha value is -2.54. The van der Waals surface area contributed by atoms with Crippen LogP contribution < -0.4 is 15.7 Å². The van der Waals surface area contributed by atoms with E-state index in [1.807, 2.05) is 13.8 Å². The SMILES string of the molecule is CC(C)CCC(NC(=O)OC(C)(C)C)C(=O)Oc1cc2oc(=O)c3c(c2cc1Cl)CCCC3. The maximum Gasteiger partial charge on any atom is 0.408 e. The zero-order valence-corrected chi connectivity index (χ0v) is 20.6. The standard InChI is InChI=1S/C25H32ClNO6/c1-14(2)10-11-19(27-24(30)33-25(3,4)5)23(29)32-21-13-20-17(12-18(21)26)15-8-6-7-9-16(15)22(28)31-20/h12-14,19H,6-11H2,1-5H3,(H,27,30). The van der Waals surface area contributed by atoms with Gasteiger partial charge in [0.25, 0.3) is 0 Å². The molecular weight excluding hydrogens is 446 g/mol. The molecule has 1 aliphatic carbocycles. The fourth-order valence-corrected chi connectivity index (χ4v) is 4.10. The van der Waals surface area contributed by atoms with Gasteiger partial charge in [-0.25, -0.2) is 14.4 Å². The van der Waals surface area contributed by atoms with E-state index in [0.29, 0.717) is 36.3 Å². The van der Waals surface area contributed by atoms with Gasteiger partial charge >= 0.3 is 17.7 Å². The predicted octanol–water partition coefficient (Wildman–Crippen LogP) is 5.56. The third kappa shape index (κ3) is 6.50. The molecule has 1 unspecified atom stereocenters. The zero-order valence-electron chi connectivity index (χ0n) is 19.9. The van der Waals surface area contributed by atoms with Crippen LogP contribution in [0.3, 0.4) is 0 Å². The zero-order chi connectivity index (χ0) is 24.3. The number of carbonyl (C=O) groups is 2. The average molecular weight is 478 g/mol. The van der Waals surface area contributed by atoms with Gasteiger partial charge in [-0.3, -0.25) is 0 Å². The third-order valence-electron chi connectivity index (χ3n) is 5.49. The van der Waals surface area contributed by atoms with Gasteiger partial charge in [-0.15, -0.1) is 0 Å². The van der Waals surface area contributed by atoms with Crippen LogP contribution in [0.5, 0.6) is 5.75 Å². The summed E-state index contributed by atoms with van der Waals surface area (Å²) >= 11 is 6.45. The first-order valence-electron chi connectivity index (χ1n) is 11.4. The van der Waals surface area contributed by atoms with Crippen molar-refractivity contribution >= 4 is 34.6 Å². The number of hydrogen-bond acceptors (Lipinski definition) is 6. The molecule has 180 valence electrons. The van der Waals surface area contributed by atoms with E-state index in [9.17, 15) is 14.4 Å². The lowest BCUT2D eigenvalue weighted by Crippen LogP contribution is -2.45. The van der Waals surface area contributed by atoms with E-state index in [-0.39, 0.29) is 16.4 Å². The minimum Gasteiger partial charge on any atom is -0.444 e. The summed E-state index contributed by atoms with van der Waals surface area (Å²) in [6.45, 7) is 9.29. The molecule has 0 saturated carbocycles. The van der Waals surface area contributed by atoms with E-state index in [2.05, 4.69) is 5.32 Å². The highest BCUT2D eigenvalue weighted by Crippen LogP contribution is 2.34. The quantitative estimate of drug-likeness (QED) is 0.332. The Kier molecular flexibility index (Phi) is 7.73. The molecule has 0 bridgehead atoms. The van der Waals surface area contributed by atoms with E-state index in [1.165, 1.54) is 6.07 Å². The van der Waals surface area contributed by atoms with Crippen LogP contribution in [-0.4, -0.2) is 23.7 Å². The van der Waals surface area contributed by atoms with Gasteiger partial charge < -0.3 is 19.2 Å². The number of alkyl carbamates (subject to hydrolysis) is 1. The van der Waals surface area contributed by atoms with Gasteiger partial charge in [0.1, 0.15) is 17.2 Å². The van der Waals surface area contributed by atoms with Gasteiger partial charge in [0.05, 0.1) is 5.02 Å². The number of carbonyl (C=O) groups excluding carboxylic acids is 2. The summed E-state index contributed by atoms with van der Waals surface area (Å²) in [5, 5.41) is 3.60. The Balaban J connectivity index is 1.86. The molecule has 1 aromatic heterocycles. The van der Waals surface area contributed by atoms with Gasteiger partial charge in [0, 0.05) is 17.0 Å². The van der Waals surface area contributed by atoms with Gasteiger partial charge in [0.2, 0.25) is 0 Å². The molecule has 2 aromatic rings. The normalized spacial score (nSPS) is 14.6. The summed E-state index contributed by atoms with van der Waals surface area (Å²) in [4.78, 5) is 37.7. The van der Waals surface area contributed by atoms with Crippen LogP contribution in [0.4, 0.5) is 4.79 Å². The first kappa shape index (κ1) is 25.1. The van der Waals surface area contributed by atoms with Crippen LogP contribution >= 0.6 is 11.6 Å². The number of halogens is 1. The van der Waals surface area contributed by atoms with Crippen molar-refractivity contribution in [2.75, 3.05) is 0 Å². The molecule has 33 heavy (non-hydrogen) atoms. The van der Waals surface area contributed by atoms with Gasteiger partial charge in [-0.05, 0) is 76.8 Å². The Morgan fingerprint density at radius 3 is 2.42 bits per heavy atom.